The van der Waals surface area contributed by atoms with Gasteiger partial charge < -0.3 is 10.6 Å². The molecule has 4 nitrogen and oxygen atoms in total. The van der Waals surface area contributed by atoms with Crippen molar-refractivity contribution in [3.63, 3.8) is 0 Å². The molecule has 0 unspecified atom stereocenters. The van der Waals surface area contributed by atoms with Gasteiger partial charge in [-0.05, 0) is 43.0 Å². The lowest BCUT2D eigenvalue weighted by atomic mass is 9.86. The Kier molecular flexibility index (Phi) is 5.83. The predicted molar refractivity (Wildman–Crippen MR) is 98.2 cm³/mol. The molecular formula is C21H24N2O2. The molecule has 1 aliphatic rings. The zero-order valence-electron chi connectivity index (χ0n) is 14.3. The highest BCUT2D eigenvalue weighted by atomic mass is 16.2. The molecule has 2 aromatic carbocycles. The average molecular weight is 336 g/mol. The Bertz CT molecular complexity index is 641. The molecule has 0 spiro atoms. The fraction of sp³-hybridized carbons (Fsp3) is 0.333. The molecule has 1 saturated carbocycles. The lowest BCUT2D eigenvalue weighted by Crippen LogP contribution is -2.52. The highest BCUT2D eigenvalue weighted by Crippen LogP contribution is 2.26. The monoisotopic (exact) mass is 336 g/mol. The lowest BCUT2D eigenvalue weighted by Gasteiger charge is -2.31. The number of hydrogen-bond donors (Lipinski definition) is 2. The number of hydrogen-bond acceptors (Lipinski definition) is 2. The first-order valence-corrected chi connectivity index (χ1v) is 8.96. The Labute approximate surface area is 148 Å². The van der Waals surface area contributed by atoms with Gasteiger partial charge in [-0.25, -0.2) is 0 Å². The maximum absolute atomic E-state index is 12.6. The lowest BCUT2D eigenvalue weighted by molar-refractivity contribution is 0.0835. The van der Waals surface area contributed by atoms with E-state index in [2.05, 4.69) is 10.6 Å². The summed E-state index contributed by atoms with van der Waals surface area (Å²) < 4.78 is 0. The van der Waals surface area contributed by atoms with Gasteiger partial charge in [0.05, 0.1) is 0 Å². The van der Waals surface area contributed by atoms with E-state index in [-0.39, 0.29) is 23.9 Å². The first-order chi connectivity index (χ1) is 12.2. The van der Waals surface area contributed by atoms with E-state index in [0.29, 0.717) is 11.1 Å². The van der Waals surface area contributed by atoms with Crippen LogP contribution in [-0.4, -0.2) is 18.0 Å². The van der Waals surface area contributed by atoms with Crippen molar-refractivity contribution < 1.29 is 9.59 Å². The van der Waals surface area contributed by atoms with Gasteiger partial charge in [-0.1, -0.05) is 55.7 Å². The molecule has 0 heterocycles. The highest BCUT2D eigenvalue weighted by molar-refractivity contribution is 5.96. The zero-order valence-corrected chi connectivity index (χ0v) is 14.3. The topological polar surface area (TPSA) is 58.2 Å². The third-order valence-electron chi connectivity index (χ3n) is 4.77. The molecule has 130 valence electrons. The molecule has 2 amide bonds. The first kappa shape index (κ1) is 17.2. The van der Waals surface area contributed by atoms with Crippen LogP contribution in [0.2, 0.25) is 0 Å². The van der Waals surface area contributed by atoms with E-state index in [1.54, 1.807) is 24.3 Å². The van der Waals surface area contributed by atoms with Crippen molar-refractivity contribution in [1.29, 1.82) is 0 Å². The van der Waals surface area contributed by atoms with Crippen molar-refractivity contribution in [3.8, 4) is 0 Å². The summed E-state index contributed by atoms with van der Waals surface area (Å²) in [5.74, 6) is -0.0249. The third-order valence-corrected chi connectivity index (χ3v) is 4.77. The minimum atomic E-state index is -0.347. The van der Waals surface area contributed by atoms with Crippen molar-refractivity contribution in [2.75, 3.05) is 0 Å². The van der Waals surface area contributed by atoms with Gasteiger partial charge in [-0.3, -0.25) is 9.59 Å². The maximum Gasteiger partial charge on any atom is 0.252 e. The summed E-state index contributed by atoms with van der Waals surface area (Å²) in [6, 6.07) is 18.3. The largest absolute Gasteiger partial charge is 0.332 e. The first-order valence-electron chi connectivity index (χ1n) is 8.96. The molecule has 1 aliphatic carbocycles. The van der Waals surface area contributed by atoms with Crippen LogP contribution in [0.5, 0.6) is 0 Å². The summed E-state index contributed by atoms with van der Waals surface area (Å²) in [7, 11) is 0. The average Bonchev–Trinajstić information content (AvgIpc) is 2.69. The van der Waals surface area contributed by atoms with Gasteiger partial charge in [0.2, 0.25) is 0 Å². The van der Waals surface area contributed by atoms with Crippen LogP contribution in [0, 0.1) is 5.92 Å². The van der Waals surface area contributed by atoms with Gasteiger partial charge in [0.15, 0.2) is 0 Å². The summed E-state index contributed by atoms with van der Waals surface area (Å²) in [6.07, 6.45) is 5.21. The van der Waals surface area contributed by atoms with Crippen LogP contribution in [0.3, 0.4) is 0 Å². The van der Waals surface area contributed by atoms with E-state index in [1.165, 1.54) is 6.42 Å². The second kappa shape index (κ2) is 8.47. The number of carbonyl (C=O) groups excluding carboxylic acids is 2. The second-order valence-electron chi connectivity index (χ2n) is 6.55. The van der Waals surface area contributed by atoms with Crippen molar-refractivity contribution in [2.24, 2.45) is 5.92 Å². The van der Waals surface area contributed by atoms with Gasteiger partial charge in [-0.2, -0.15) is 0 Å². The molecule has 2 aromatic rings. The van der Waals surface area contributed by atoms with Crippen LogP contribution in [-0.2, 0) is 0 Å². The Hall–Kier alpha value is -2.62. The zero-order chi connectivity index (χ0) is 17.5. The molecule has 0 aromatic heterocycles. The van der Waals surface area contributed by atoms with Crippen LogP contribution in [0.1, 0.15) is 52.8 Å². The van der Waals surface area contributed by atoms with E-state index < -0.39 is 0 Å². The number of nitrogens with one attached hydrogen (secondary N) is 2. The van der Waals surface area contributed by atoms with Crippen molar-refractivity contribution >= 4 is 11.8 Å². The van der Waals surface area contributed by atoms with Gasteiger partial charge >= 0.3 is 0 Å². The normalized spacial score (nSPS) is 14.9. The minimum absolute atomic E-state index is 0.149. The van der Waals surface area contributed by atoms with E-state index >= 15 is 0 Å². The smallest absolute Gasteiger partial charge is 0.252 e. The summed E-state index contributed by atoms with van der Waals surface area (Å²) >= 11 is 0. The minimum Gasteiger partial charge on any atom is -0.332 e. The second-order valence-corrected chi connectivity index (χ2v) is 6.55. The van der Waals surface area contributed by atoms with E-state index in [9.17, 15) is 9.59 Å². The van der Waals surface area contributed by atoms with E-state index in [4.69, 9.17) is 0 Å². The SMILES string of the molecule is O=C(NC(NC(=O)c1ccccc1)C1CCCCC1)c1ccccc1. The summed E-state index contributed by atoms with van der Waals surface area (Å²) in [4.78, 5) is 25.1. The van der Waals surface area contributed by atoms with Gasteiger partial charge in [0.25, 0.3) is 11.8 Å². The molecule has 0 radical (unpaired) electrons. The Morgan fingerprint density at radius 1 is 0.720 bits per heavy atom. The number of amides is 2. The molecule has 0 atom stereocenters. The van der Waals surface area contributed by atoms with Crippen LogP contribution in [0.4, 0.5) is 0 Å². The van der Waals surface area contributed by atoms with Crippen LogP contribution in [0.15, 0.2) is 60.7 Å². The van der Waals surface area contributed by atoms with Crippen molar-refractivity contribution in [3.05, 3.63) is 71.8 Å². The van der Waals surface area contributed by atoms with Crippen LogP contribution >= 0.6 is 0 Å². The molecule has 1 fully saturated rings. The van der Waals surface area contributed by atoms with Crippen molar-refractivity contribution in [1.82, 2.24) is 10.6 Å². The Morgan fingerprint density at radius 3 is 1.60 bits per heavy atom. The molecule has 2 N–H and O–H groups in total. The Balaban J connectivity index is 1.73. The van der Waals surface area contributed by atoms with Gasteiger partial charge in [0, 0.05) is 11.1 Å². The van der Waals surface area contributed by atoms with Crippen LogP contribution < -0.4 is 10.6 Å². The summed E-state index contributed by atoms with van der Waals surface area (Å²) in [6.45, 7) is 0. The standard InChI is InChI=1S/C21H24N2O2/c24-20(17-12-6-2-7-13-17)22-19(16-10-4-1-5-11-16)23-21(25)18-14-8-3-9-15-18/h2-3,6-9,12-16,19H,1,4-5,10-11H2,(H,22,24)(H,23,25). The summed E-state index contributed by atoms with van der Waals surface area (Å²) in [5.41, 5.74) is 1.22. The van der Waals surface area contributed by atoms with E-state index in [1.807, 2.05) is 36.4 Å². The molecule has 0 bridgehead atoms. The fourth-order valence-electron chi connectivity index (χ4n) is 3.37. The summed E-state index contributed by atoms with van der Waals surface area (Å²) in [5, 5.41) is 6.07. The molecule has 3 rings (SSSR count). The quantitative estimate of drug-likeness (QED) is 0.817. The van der Waals surface area contributed by atoms with E-state index in [0.717, 1.165) is 25.7 Å². The molecular weight excluding hydrogens is 312 g/mol. The van der Waals surface area contributed by atoms with Crippen LogP contribution in [0.25, 0.3) is 0 Å². The number of carbonyl (C=O) groups is 2. The Morgan fingerprint density at radius 2 is 1.16 bits per heavy atom. The van der Waals surface area contributed by atoms with Gasteiger partial charge in [-0.15, -0.1) is 0 Å². The predicted octanol–water partition coefficient (Wildman–Crippen LogP) is 3.75. The molecule has 0 saturated heterocycles. The highest BCUT2D eigenvalue weighted by Gasteiger charge is 2.27. The molecule has 0 aliphatic heterocycles. The fourth-order valence-corrected chi connectivity index (χ4v) is 3.37. The maximum atomic E-state index is 12.6. The molecule has 25 heavy (non-hydrogen) atoms. The third kappa shape index (κ3) is 4.69. The number of benzene rings is 2. The molecule has 4 heteroatoms. The van der Waals surface area contributed by atoms with Crippen molar-refractivity contribution in [2.45, 2.75) is 38.3 Å². The van der Waals surface area contributed by atoms with Gasteiger partial charge in [0.1, 0.15) is 6.17 Å². The number of rotatable bonds is 5.